The van der Waals surface area contributed by atoms with Gasteiger partial charge in [-0.1, -0.05) is 33.6 Å². The first-order valence-corrected chi connectivity index (χ1v) is 8.25. The van der Waals surface area contributed by atoms with Gasteiger partial charge in [0, 0.05) is 17.0 Å². The summed E-state index contributed by atoms with van der Waals surface area (Å²) >= 11 is 3.41. The fourth-order valence-corrected chi connectivity index (χ4v) is 2.27. The molecule has 0 heterocycles. The zero-order chi connectivity index (χ0) is 17.4. The highest BCUT2D eigenvalue weighted by Gasteiger charge is 2.03. The maximum absolute atomic E-state index is 10.9. The predicted octanol–water partition coefficient (Wildman–Crippen LogP) is 3.69. The Morgan fingerprint density at radius 2 is 1.88 bits per heavy atom. The summed E-state index contributed by atoms with van der Waals surface area (Å²) in [6.45, 7) is 4.26. The Bertz CT molecular complexity index is 715. The number of nitrogens with one attached hydrogen (secondary N) is 1. The van der Waals surface area contributed by atoms with Crippen molar-refractivity contribution in [1.29, 1.82) is 0 Å². The maximum Gasteiger partial charge on any atom is 0.236 e. The Morgan fingerprint density at radius 3 is 2.58 bits per heavy atom. The highest BCUT2D eigenvalue weighted by molar-refractivity contribution is 9.10. The van der Waals surface area contributed by atoms with E-state index in [0.717, 1.165) is 15.8 Å². The molecule has 2 aromatic rings. The highest BCUT2D eigenvalue weighted by Crippen LogP contribution is 2.22. The lowest BCUT2D eigenvalue weighted by atomic mass is 10.2. The summed E-state index contributed by atoms with van der Waals surface area (Å²) in [5.41, 5.74) is 4.32. The molecular weight excluding hydrogens is 372 g/mol. The lowest BCUT2D eigenvalue weighted by Gasteiger charge is -2.11. The second-order valence-corrected chi connectivity index (χ2v) is 6.03. The van der Waals surface area contributed by atoms with Gasteiger partial charge in [-0.05, 0) is 37.3 Å². The van der Waals surface area contributed by atoms with Gasteiger partial charge in [-0.3, -0.25) is 4.79 Å². The summed E-state index contributed by atoms with van der Waals surface area (Å²) in [6.07, 6.45) is 1.54. The number of halogens is 1. The molecule has 1 N–H and O–H groups in total. The van der Waals surface area contributed by atoms with Crippen LogP contribution >= 0.6 is 15.9 Å². The van der Waals surface area contributed by atoms with Gasteiger partial charge in [-0.15, -0.1) is 0 Å². The number of amides is 1. The van der Waals surface area contributed by atoms with Gasteiger partial charge in [-0.25, -0.2) is 5.43 Å². The first kappa shape index (κ1) is 18.0. The van der Waals surface area contributed by atoms with Crippen LogP contribution in [-0.2, 0) is 4.79 Å². The Morgan fingerprint density at radius 1 is 1.17 bits per heavy atom. The summed E-state index contributed by atoms with van der Waals surface area (Å²) in [5.74, 6) is 1.25. The number of rotatable bonds is 7. The standard InChI is InChI=1S/C18H19BrN2O3/c1-13-3-6-17(7-4-13)23-9-10-24-18-8-5-16(19)11-15(18)12-20-21-14(2)22/h3-8,11-12H,9-10H2,1-2H3,(H,21,22)/b20-12+. The van der Waals surface area contributed by atoms with Crippen LogP contribution in [0.2, 0.25) is 0 Å². The van der Waals surface area contributed by atoms with Crippen LogP contribution < -0.4 is 14.9 Å². The van der Waals surface area contributed by atoms with Gasteiger partial charge in [0.1, 0.15) is 24.7 Å². The molecule has 2 rings (SSSR count). The molecule has 2 aromatic carbocycles. The highest BCUT2D eigenvalue weighted by atomic mass is 79.9. The third-order valence-corrected chi connectivity index (χ3v) is 3.52. The molecule has 0 aromatic heterocycles. The molecule has 0 radical (unpaired) electrons. The smallest absolute Gasteiger partial charge is 0.236 e. The Labute approximate surface area is 149 Å². The van der Waals surface area contributed by atoms with Gasteiger partial charge in [0.15, 0.2) is 0 Å². The first-order valence-electron chi connectivity index (χ1n) is 7.46. The Hall–Kier alpha value is -2.34. The fourth-order valence-electron chi connectivity index (χ4n) is 1.89. The van der Waals surface area contributed by atoms with E-state index in [9.17, 15) is 4.79 Å². The number of carbonyl (C=O) groups excluding carboxylic acids is 1. The van der Waals surface area contributed by atoms with Crippen molar-refractivity contribution in [1.82, 2.24) is 5.43 Å². The third-order valence-electron chi connectivity index (χ3n) is 3.03. The van der Waals surface area contributed by atoms with E-state index in [4.69, 9.17) is 9.47 Å². The molecular formula is C18H19BrN2O3. The molecule has 126 valence electrons. The van der Waals surface area contributed by atoms with Crippen LogP contribution in [0.25, 0.3) is 0 Å². The summed E-state index contributed by atoms with van der Waals surface area (Å²) in [5, 5.41) is 3.87. The molecule has 0 saturated heterocycles. The number of hydrogen-bond donors (Lipinski definition) is 1. The van der Waals surface area contributed by atoms with Crippen LogP contribution in [0, 0.1) is 6.92 Å². The summed E-state index contributed by atoms with van der Waals surface area (Å²) < 4.78 is 12.3. The summed E-state index contributed by atoms with van der Waals surface area (Å²) in [6, 6.07) is 13.4. The van der Waals surface area contributed by atoms with Crippen molar-refractivity contribution in [2.45, 2.75) is 13.8 Å². The number of benzene rings is 2. The van der Waals surface area contributed by atoms with Crippen LogP contribution in [0.5, 0.6) is 11.5 Å². The third kappa shape index (κ3) is 6.04. The van der Waals surface area contributed by atoms with Crippen molar-refractivity contribution in [3.63, 3.8) is 0 Å². The van der Waals surface area contributed by atoms with Crippen molar-refractivity contribution in [2.24, 2.45) is 5.10 Å². The van der Waals surface area contributed by atoms with E-state index < -0.39 is 0 Å². The lowest BCUT2D eigenvalue weighted by Crippen LogP contribution is -2.13. The van der Waals surface area contributed by atoms with E-state index in [-0.39, 0.29) is 5.91 Å². The van der Waals surface area contributed by atoms with Gasteiger partial charge in [0.25, 0.3) is 0 Å². The van der Waals surface area contributed by atoms with Gasteiger partial charge < -0.3 is 9.47 Å². The molecule has 5 nitrogen and oxygen atoms in total. The lowest BCUT2D eigenvalue weighted by molar-refractivity contribution is -0.118. The Kier molecular flexibility index (Phi) is 6.81. The van der Waals surface area contributed by atoms with E-state index in [1.165, 1.54) is 12.5 Å². The quantitative estimate of drug-likeness (QED) is 0.445. The van der Waals surface area contributed by atoms with E-state index in [1.54, 1.807) is 6.21 Å². The van der Waals surface area contributed by atoms with Crippen LogP contribution in [-0.4, -0.2) is 25.3 Å². The molecule has 1 amide bonds. The molecule has 0 spiro atoms. The second kappa shape index (κ2) is 9.08. The summed E-state index contributed by atoms with van der Waals surface area (Å²) in [7, 11) is 0. The molecule has 0 fully saturated rings. The largest absolute Gasteiger partial charge is 0.490 e. The molecule has 0 aliphatic carbocycles. The monoisotopic (exact) mass is 390 g/mol. The number of hydrogen-bond acceptors (Lipinski definition) is 4. The van der Waals surface area contributed by atoms with E-state index in [2.05, 4.69) is 26.5 Å². The first-order chi connectivity index (χ1) is 11.5. The molecule has 24 heavy (non-hydrogen) atoms. The summed E-state index contributed by atoms with van der Waals surface area (Å²) in [4.78, 5) is 10.9. The number of aryl methyl sites for hydroxylation is 1. The van der Waals surface area contributed by atoms with Crippen molar-refractivity contribution >= 4 is 28.1 Å². The molecule has 0 atom stereocenters. The normalized spacial score (nSPS) is 10.6. The molecule has 0 saturated carbocycles. The molecule has 0 bridgehead atoms. The van der Waals surface area contributed by atoms with Crippen molar-refractivity contribution in [3.8, 4) is 11.5 Å². The number of nitrogens with zero attached hydrogens (tertiary/aromatic N) is 1. The van der Waals surface area contributed by atoms with Crippen molar-refractivity contribution in [2.75, 3.05) is 13.2 Å². The Balaban J connectivity index is 1.90. The molecule has 0 aliphatic rings. The SMILES string of the molecule is CC(=O)N/N=C/c1cc(Br)ccc1OCCOc1ccc(C)cc1. The zero-order valence-electron chi connectivity index (χ0n) is 13.6. The minimum Gasteiger partial charge on any atom is -0.490 e. The maximum atomic E-state index is 10.9. The number of ether oxygens (including phenoxy) is 2. The molecule has 0 unspecified atom stereocenters. The second-order valence-electron chi connectivity index (χ2n) is 5.12. The average molecular weight is 391 g/mol. The van der Waals surface area contributed by atoms with Crippen LogP contribution in [0.15, 0.2) is 52.0 Å². The van der Waals surface area contributed by atoms with Gasteiger partial charge in [-0.2, -0.15) is 5.10 Å². The average Bonchev–Trinajstić information content (AvgIpc) is 2.54. The van der Waals surface area contributed by atoms with E-state index in [1.807, 2.05) is 49.4 Å². The van der Waals surface area contributed by atoms with E-state index >= 15 is 0 Å². The van der Waals surface area contributed by atoms with Crippen LogP contribution in [0.3, 0.4) is 0 Å². The van der Waals surface area contributed by atoms with E-state index in [0.29, 0.717) is 19.0 Å². The predicted molar refractivity (Wildman–Crippen MR) is 97.7 cm³/mol. The van der Waals surface area contributed by atoms with Gasteiger partial charge in [0.2, 0.25) is 5.91 Å². The van der Waals surface area contributed by atoms with Crippen molar-refractivity contribution in [3.05, 3.63) is 58.1 Å². The fraction of sp³-hybridized carbons (Fsp3) is 0.222. The van der Waals surface area contributed by atoms with Crippen LogP contribution in [0.4, 0.5) is 0 Å². The molecule has 6 heteroatoms. The number of hydrazone groups is 1. The number of carbonyl (C=O) groups is 1. The van der Waals surface area contributed by atoms with Crippen molar-refractivity contribution < 1.29 is 14.3 Å². The van der Waals surface area contributed by atoms with Gasteiger partial charge in [0.05, 0.1) is 6.21 Å². The molecule has 0 aliphatic heterocycles. The van der Waals surface area contributed by atoms with Gasteiger partial charge >= 0.3 is 0 Å². The van der Waals surface area contributed by atoms with Crippen LogP contribution in [0.1, 0.15) is 18.1 Å². The zero-order valence-corrected chi connectivity index (χ0v) is 15.2. The minimum atomic E-state index is -0.227. The minimum absolute atomic E-state index is 0.227. The topological polar surface area (TPSA) is 59.9 Å².